The zero-order valence-corrected chi connectivity index (χ0v) is 10.9. The van der Waals surface area contributed by atoms with Crippen molar-refractivity contribution in [2.75, 3.05) is 0 Å². The lowest BCUT2D eigenvalue weighted by molar-refractivity contribution is -0.123. The van der Waals surface area contributed by atoms with Crippen LogP contribution in [-0.2, 0) is 11.3 Å². The number of hydrogen-bond donors (Lipinski definition) is 2. The third-order valence-corrected chi connectivity index (χ3v) is 2.97. The normalized spacial score (nSPS) is 11.9. The van der Waals surface area contributed by atoms with Crippen LogP contribution in [-0.4, -0.2) is 11.0 Å². The van der Waals surface area contributed by atoms with Crippen LogP contribution in [0.25, 0.3) is 0 Å². The number of benzene rings is 2. The SMILES string of the molecule is O=C(CC(O)c1ccccc1)NCc1ccc(F)cc1. The van der Waals surface area contributed by atoms with E-state index in [1.54, 1.807) is 24.3 Å². The molecule has 20 heavy (non-hydrogen) atoms. The Hall–Kier alpha value is -2.20. The van der Waals surface area contributed by atoms with Crippen molar-refractivity contribution >= 4 is 5.91 Å². The topological polar surface area (TPSA) is 49.3 Å². The van der Waals surface area contributed by atoms with E-state index in [0.717, 1.165) is 5.56 Å². The molecule has 0 aliphatic rings. The number of halogens is 1. The molecule has 1 amide bonds. The Morgan fingerprint density at radius 1 is 1.10 bits per heavy atom. The van der Waals surface area contributed by atoms with Crippen molar-refractivity contribution < 1.29 is 14.3 Å². The lowest BCUT2D eigenvalue weighted by atomic mass is 10.1. The van der Waals surface area contributed by atoms with E-state index >= 15 is 0 Å². The molecular formula is C16H16FNO2. The summed E-state index contributed by atoms with van der Waals surface area (Å²) >= 11 is 0. The zero-order chi connectivity index (χ0) is 14.4. The molecule has 104 valence electrons. The van der Waals surface area contributed by atoms with Gasteiger partial charge in [0.15, 0.2) is 0 Å². The maximum Gasteiger partial charge on any atom is 0.223 e. The molecule has 2 aromatic carbocycles. The highest BCUT2D eigenvalue weighted by atomic mass is 19.1. The van der Waals surface area contributed by atoms with Crippen molar-refractivity contribution in [2.45, 2.75) is 19.1 Å². The van der Waals surface area contributed by atoms with Crippen molar-refractivity contribution in [3.63, 3.8) is 0 Å². The number of amides is 1. The minimum atomic E-state index is -0.815. The maximum atomic E-state index is 12.7. The van der Waals surface area contributed by atoms with Gasteiger partial charge in [-0.15, -0.1) is 0 Å². The Bertz CT molecular complexity index is 554. The molecule has 0 aliphatic heterocycles. The van der Waals surface area contributed by atoms with Crippen LogP contribution < -0.4 is 5.32 Å². The van der Waals surface area contributed by atoms with Gasteiger partial charge >= 0.3 is 0 Å². The quantitative estimate of drug-likeness (QED) is 0.879. The number of hydrogen-bond acceptors (Lipinski definition) is 2. The Balaban J connectivity index is 1.82. The highest BCUT2D eigenvalue weighted by Gasteiger charge is 2.12. The van der Waals surface area contributed by atoms with Gasteiger partial charge in [-0.2, -0.15) is 0 Å². The van der Waals surface area contributed by atoms with Gasteiger partial charge in [-0.1, -0.05) is 42.5 Å². The minimum absolute atomic E-state index is 0.00517. The molecule has 0 saturated carbocycles. The molecule has 0 aliphatic carbocycles. The molecule has 1 atom stereocenters. The van der Waals surface area contributed by atoms with E-state index < -0.39 is 6.10 Å². The molecule has 0 fully saturated rings. The number of aliphatic hydroxyl groups excluding tert-OH is 1. The van der Waals surface area contributed by atoms with E-state index in [1.165, 1.54) is 12.1 Å². The first-order valence-electron chi connectivity index (χ1n) is 6.39. The summed E-state index contributed by atoms with van der Waals surface area (Å²) in [4.78, 5) is 11.7. The number of carbonyl (C=O) groups is 1. The first-order chi connectivity index (χ1) is 9.65. The Labute approximate surface area is 117 Å². The molecule has 4 heteroatoms. The lowest BCUT2D eigenvalue weighted by Crippen LogP contribution is -2.24. The van der Waals surface area contributed by atoms with Gasteiger partial charge in [-0.3, -0.25) is 4.79 Å². The summed E-state index contributed by atoms with van der Waals surface area (Å²) in [5.74, 6) is -0.551. The molecular weight excluding hydrogens is 257 g/mol. The van der Waals surface area contributed by atoms with Gasteiger partial charge in [0.2, 0.25) is 5.91 Å². The zero-order valence-electron chi connectivity index (χ0n) is 10.9. The molecule has 0 bridgehead atoms. The standard InChI is InChI=1S/C16H16FNO2/c17-14-8-6-12(7-9-14)11-18-16(20)10-15(19)13-4-2-1-3-5-13/h1-9,15,19H,10-11H2,(H,18,20). The summed E-state index contributed by atoms with van der Waals surface area (Å²) in [6.07, 6.45) is -0.810. The summed E-state index contributed by atoms with van der Waals surface area (Å²) in [5.41, 5.74) is 1.53. The summed E-state index contributed by atoms with van der Waals surface area (Å²) in [6.45, 7) is 0.320. The van der Waals surface area contributed by atoms with Crippen LogP contribution in [0.15, 0.2) is 54.6 Å². The first kappa shape index (κ1) is 14.2. The average molecular weight is 273 g/mol. The van der Waals surface area contributed by atoms with Gasteiger partial charge in [0.1, 0.15) is 5.82 Å². The monoisotopic (exact) mass is 273 g/mol. The second-order valence-corrected chi connectivity index (χ2v) is 4.53. The first-order valence-corrected chi connectivity index (χ1v) is 6.39. The van der Waals surface area contributed by atoms with Crippen LogP contribution in [0.5, 0.6) is 0 Å². The molecule has 2 aromatic rings. The molecule has 2 N–H and O–H groups in total. The molecule has 3 nitrogen and oxygen atoms in total. The van der Waals surface area contributed by atoms with Gasteiger partial charge in [0.05, 0.1) is 12.5 Å². The Morgan fingerprint density at radius 3 is 2.40 bits per heavy atom. The molecule has 2 rings (SSSR count). The van der Waals surface area contributed by atoms with Crippen LogP contribution in [0.4, 0.5) is 4.39 Å². The van der Waals surface area contributed by atoms with Gasteiger partial charge in [0, 0.05) is 6.54 Å². The van der Waals surface area contributed by atoms with Gasteiger partial charge < -0.3 is 10.4 Å². The highest BCUT2D eigenvalue weighted by molar-refractivity contribution is 5.76. The van der Waals surface area contributed by atoms with Crippen molar-refractivity contribution in [3.05, 3.63) is 71.5 Å². The smallest absolute Gasteiger partial charge is 0.223 e. The number of nitrogens with one attached hydrogen (secondary N) is 1. The molecule has 0 radical (unpaired) electrons. The van der Waals surface area contributed by atoms with Crippen LogP contribution >= 0.6 is 0 Å². The van der Waals surface area contributed by atoms with Gasteiger partial charge in [-0.05, 0) is 23.3 Å². The fourth-order valence-corrected chi connectivity index (χ4v) is 1.84. The Morgan fingerprint density at radius 2 is 1.75 bits per heavy atom. The van der Waals surface area contributed by atoms with Crippen molar-refractivity contribution in [2.24, 2.45) is 0 Å². The molecule has 0 saturated heterocycles. The predicted molar refractivity (Wildman–Crippen MR) is 74.3 cm³/mol. The third kappa shape index (κ3) is 4.17. The molecule has 0 aromatic heterocycles. The predicted octanol–water partition coefficient (Wildman–Crippen LogP) is 2.57. The van der Waals surface area contributed by atoms with E-state index in [1.807, 2.05) is 18.2 Å². The summed E-state index contributed by atoms with van der Waals surface area (Å²) in [7, 11) is 0. The van der Waals surface area contributed by atoms with Crippen molar-refractivity contribution in [1.82, 2.24) is 5.32 Å². The third-order valence-electron chi connectivity index (χ3n) is 2.97. The second-order valence-electron chi connectivity index (χ2n) is 4.53. The maximum absolute atomic E-state index is 12.7. The minimum Gasteiger partial charge on any atom is -0.388 e. The fourth-order valence-electron chi connectivity index (χ4n) is 1.84. The van der Waals surface area contributed by atoms with Crippen molar-refractivity contribution in [1.29, 1.82) is 0 Å². The molecule has 0 spiro atoms. The average Bonchev–Trinajstić information content (AvgIpc) is 2.47. The number of carbonyl (C=O) groups excluding carboxylic acids is 1. The largest absolute Gasteiger partial charge is 0.388 e. The van der Waals surface area contributed by atoms with Crippen molar-refractivity contribution in [3.8, 4) is 0 Å². The molecule has 0 heterocycles. The lowest BCUT2D eigenvalue weighted by Gasteiger charge is -2.11. The van der Waals surface area contributed by atoms with E-state index in [9.17, 15) is 14.3 Å². The van der Waals surface area contributed by atoms with E-state index in [2.05, 4.69) is 5.32 Å². The fraction of sp³-hybridized carbons (Fsp3) is 0.188. The van der Waals surface area contributed by atoms with Crippen LogP contribution in [0.2, 0.25) is 0 Å². The number of aliphatic hydroxyl groups is 1. The highest BCUT2D eigenvalue weighted by Crippen LogP contribution is 2.15. The van der Waals surface area contributed by atoms with E-state index in [4.69, 9.17) is 0 Å². The summed E-state index contributed by atoms with van der Waals surface area (Å²) in [5, 5.41) is 12.6. The Kier molecular flexibility index (Phi) is 4.85. The van der Waals surface area contributed by atoms with Crippen LogP contribution in [0, 0.1) is 5.82 Å². The molecule has 1 unspecified atom stereocenters. The second kappa shape index (κ2) is 6.82. The van der Waals surface area contributed by atoms with E-state index in [-0.39, 0.29) is 18.1 Å². The van der Waals surface area contributed by atoms with Gasteiger partial charge in [0.25, 0.3) is 0 Å². The summed E-state index contributed by atoms with van der Waals surface area (Å²) < 4.78 is 12.7. The number of rotatable bonds is 5. The van der Waals surface area contributed by atoms with Gasteiger partial charge in [-0.25, -0.2) is 4.39 Å². The van der Waals surface area contributed by atoms with Crippen LogP contribution in [0.1, 0.15) is 23.7 Å². The van der Waals surface area contributed by atoms with E-state index in [0.29, 0.717) is 12.1 Å². The summed E-state index contributed by atoms with van der Waals surface area (Å²) in [6, 6.07) is 15.0. The van der Waals surface area contributed by atoms with Crippen LogP contribution in [0.3, 0.4) is 0 Å².